The molecule has 102 valence electrons. The lowest BCUT2D eigenvalue weighted by Gasteiger charge is -2.16. The first-order valence-corrected chi connectivity index (χ1v) is 6.60. The van der Waals surface area contributed by atoms with Crippen LogP contribution < -0.4 is 0 Å². The molecule has 0 spiro atoms. The third-order valence-corrected chi connectivity index (χ3v) is 4.20. The van der Waals surface area contributed by atoms with Gasteiger partial charge < -0.3 is 14.4 Å². The first-order valence-electron chi connectivity index (χ1n) is 6.60. The van der Waals surface area contributed by atoms with Crippen LogP contribution >= 0.6 is 0 Å². The van der Waals surface area contributed by atoms with Gasteiger partial charge in [0.1, 0.15) is 0 Å². The van der Waals surface area contributed by atoms with Gasteiger partial charge in [-0.1, -0.05) is 6.42 Å². The molecule has 0 aromatic rings. The number of esters is 1. The minimum atomic E-state index is -0.696. The largest absolute Gasteiger partial charge is 0.458 e. The monoisotopic (exact) mass is 263 g/mol. The first kappa shape index (κ1) is 12.3. The molecule has 19 heavy (non-hydrogen) atoms. The van der Waals surface area contributed by atoms with Crippen molar-refractivity contribution < 1.29 is 19.1 Å². The van der Waals surface area contributed by atoms with Crippen LogP contribution in [0.3, 0.4) is 0 Å². The van der Waals surface area contributed by atoms with Gasteiger partial charge in [-0.2, -0.15) is 0 Å². The number of hydrogen-bond acceptors (Lipinski definition) is 4. The van der Waals surface area contributed by atoms with Gasteiger partial charge in [0.2, 0.25) is 0 Å². The van der Waals surface area contributed by atoms with Crippen molar-refractivity contribution in [2.45, 2.75) is 38.5 Å². The molecule has 0 bridgehead atoms. The normalized spacial score (nSPS) is 35.7. The van der Waals surface area contributed by atoms with Gasteiger partial charge in [0.25, 0.3) is 12.2 Å². The fourth-order valence-corrected chi connectivity index (χ4v) is 3.13. The Hall–Kier alpha value is -1.78. The summed E-state index contributed by atoms with van der Waals surface area (Å²) < 4.78 is 10.4. The Balaban J connectivity index is 1.73. The van der Waals surface area contributed by atoms with Gasteiger partial charge in [-0.15, -0.1) is 0 Å². The molecule has 1 aliphatic carbocycles. The molecule has 2 aliphatic heterocycles. The highest BCUT2D eigenvalue weighted by molar-refractivity contribution is 5.96. The first-order chi connectivity index (χ1) is 9.08. The van der Waals surface area contributed by atoms with E-state index in [2.05, 4.69) is 0 Å². The maximum Gasteiger partial charge on any atom is 0.336 e. The molecule has 1 saturated carbocycles. The lowest BCUT2D eigenvalue weighted by Crippen LogP contribution is -2.28. The Morgan fingerprint density at radius 2 is 2.21 bits per heavy atom. The molecule has 3 aliphatic rings. The second-order valence-electron chi connectivity index (χ2n) is 5.35. The lowest BCUT2D eigenvalue weighted by molar-refractivity contribution is -0.152. The number of ether oxygens (including phenoxy) is 2. The van der Waals surface area contributed by atoms with Crippen molar-refractivity contribution in [3.8, 4) is 0 Å². The molecule has 2 heterocycles. The van der Waals surface area contributed by atoms with Crippen molar-refractivity contribution in [1.82, 2.24) is 4.90 Å². The van der Waals surface area contributed by atoms with E-state index in [9.17, 15) is 9.59 Å². The fourth-order valence-electron chi connectivity index (χ4n) is 3.13. The maximum absolute atomic E-state index is 12.1. The molecule has 1 amide bonds. The van der Waals surface area contributed by atoms with E-state index in [0.29, 0.717) is 17.2 Å². The van der Waals surface area contributed by atoms with E-state index in [-0.39, 0.29) is 17.8 Å². The SMILES string of the molecule is CC1=C[C@H](O/C=C2/C(=O)N(C)[C@@H]3CCC[C@H]23)OC1=O. The van der Waals surface area contributed by atoms with E-state index in [0.717, 1.165) is 19.3 Å². The number of likely N-dealkylation sites (tertiary alicyclic amines) is 1. The number of rotatable bonds is 2. The van der Waals surface area contributed by atoms with Crippen molar-refractivity contribution in [2.75, 3.05) is 7.05 Å². The number of carbonyl (C=O) groups excluding carboxylic acids is 2. The van der Waals surface area contributed by atoms with Crippen molar-refractivity contribution in [3.05, 3.63) is 23.5 Å². The van der Waals surface area contributed by atoms with Crippen LogP contribution in [0, 0.1) is 5.92 Å². The van der Waals surface area contributed by atoms with Crippen LogP contribution in [0.25, 0.3) is 0 Å². The Kier molecular flexibility index (Phi) is 2.84. The van der Waals surface area contributed by atoms with Gasteiger partial charge in [0.05, 0.1) is 11.8 Å². The molecule has 3 rings (SSSR count). The second-order valence-corrected chi connectivity index (χ2v) is 5.35. The summed E-state index contributed by atoms with van der Waals surface area (Å²) in [6.07, 6.45) is 5.63. The van der Waals surface area contributed by atoms with Crippen LogP contribution in [-0.2, 0) is 19.1 Å². The van der Waals surface area contributed by atoms with Crippen LogP contribution in [0.15, 0.2) is 23.5 Å². The van der Waals surface area contributed by atoms with Crippen molar-refractivity contribution in [3.63, 3.8) is 0 Å². The van der Waals surface area contributed by atoms with E-state index in [1.54, 1.807) is 17.9 Å². The molecular formula is C14H17NO4. The molecule has 3 atom stereocenters. The molecule has 0 radical (unpaired) electrons. The maximum atomic E-state index is 12.1. The number of amides is 1. The van der Waals surface area contributed by atoms with E-state index < -0.39 is 6.29 Å². The van der Waals surface area contributed by atoms with Gasteiger partial charge in [-0.25, -0.2) is 4.79 Å². The molecule has 0 N–H and O–H groups in total. The number of hydrogen-bond donors (Lipinski definition) is 0. The quantitative estimate of drug-likeness (QED) is 0.429. The summed E-state index contributed by atoms with van der Waals surface area (Å²) in [5.74, 6) is -0.0728. The standard InChI is InChI=1S/C14H17NO4/c1-8-6-12(19-14(8)17)18-7-10-9-4-3-5-11(9)15(2)13(10)16/h6-7,9,11-12H,3-5H2,1-2H3/b10-7+/t9-,11-,12-/m1/s1. The second kappa shape index (κ2) is 4.40. The zero-order chi connectivity index (χ0) is 13.6. The van der Waals surface area contributed by atoms with Crippen LogP contribution in [0.1, 0.15) is 26.2 Å². The third-order valence-electron chi connectivity index (χ3n) is 4.20. The number of fused-ring (bicyclic) bond motifs is 1. The summed E-state index contributed by atoms with van der Waals surface area (Å²) in [5.41, 5.74) is 1.25. The molecule has 5 nitrogen and oxygen atoms in total. The smallest absolute Gasteiger partial charge is 0.336 e. The molecule has 5 heteroatoms. The van der Waals surface area contributed by atoms with Gasteiger partial charge in [-0.3, -0.25) is 4.79 Å². The number of nitrogens with zero attached hydrogens (tertiary/aromatic N) is 1. The predicted octanol–water partition coefficient (Wildman–Crippen LogP) is 1.36. The zero-order valence-electron chi connectivity index (χ0n) is 11.1. The average Bonchev–Trinajstić information content (AvgIpc) is 3.01. The van der Waals surface area contributed by atoms with Crippen molar-refractivity contribution in [2.24, 2.45) is 5.92 Å². The Bertz CT molecular complexity index is 494. The minimum Gasteiger partial charge on any atom is -0.458 e. The van der Waals surface area contributed by atoms with E-state index in [1.165, 1.54) is 6.26 Å². The lowest BCUT2D eigenvalue weighted by atomic mass is 10.00. The minimum absolute atomic E-state index is 0.0275. The summed E-state index contributed by atoms with van der Waals surface area (Å²) in [7, 11) is 1.84. The van der Waals surface area contributed by atoms with E-state index in [4.69, 9.17) is 9.47 Å². The molecule has 1 saturated heterocycles. The van der Waals surface area contributed by atoms with Crippen LogP contribution in [0.5, 0.6) is 0 Å². The number of carbonyl (C=O) groups is 2. The molecular weight excluding hydrogens is 246 g/mol. The van der Waals surface area contributed by atoms with Crippen LogP contribution in [-0.4, -0.2) is 36.2 Å². The van der Waals surface area contributed by atoms with E-state index >= 15 is 0 Å². The van der Waals surface area contributed by atoms with E-state index in [1.807, 2.05) is 7.05 Å². The highest BCUT2D eigenvalue weighted by Crippen LogP contribution is 2.41. The Morgan fingerprint density at radius 3 is 2.89 bits per heavy atom. The Labute approximate surface area is 111 Å². The number of cyclic esters (lactones) is 1. The molecule has 2 fully saturated rings. The number of likely N-dealkylation sites (N-methyl/N-ethyl adjacent to an activating group) is 1. The predicted molar refractivity (Wildman–Crippen MR) is 66.7 cm³/mol. The van der Waals surface area contributed by atoms with Gasteiger partial charge in [0.15, 0.2) is 0 Å². The highest BCUT2D eigenvalue weighted by Gasteiger charge is 2.45. The summed E-state index contributed by atoms with van der Waals surface area (Å²) in [6.45, 7) is 1.68. The van der Waals surface area contributed by atoms with Gasteiger partial charge in [-0.05, 0) is 19.8 Å². The summed E-state index contributed by atoms with van der Waals surface area (Å²) in [4.78, 5) is 25.1. The van der Waals surface area contributed by atoms with Crippen molar-refractivity contribution >= 4 is 11.9 Å². The van der Waals surface area contributed by atoms with Crippen LogP contribution in [0.2, 0.25) is 0 Å². The zero-order valence-corrected chi connectivity index (χ0v) is 11.1. The summed E-state index contributed by atoms with van der Waals surface area (Å²) in [6, 6.07) is 0.311. The van der Waals surface area contributed by atoms with Crippen molar-refractivity contribution in [1.29, 1.82) is 0 Å². The molecule has 0 aromatic heterocycles. The topological polar surface area (TPSA) is 55.8 Å². The highest BCUT2D eigenvalue weighted by atomic mass is 16.7. The van der Waals surface area contributed by atoms with Gasteiger partial charge in [0, 0.05) is 30.7 Å². The van der Waals surface area contributed by atoms with Crippen LogP contribution in [0.4, 0.5) is 0 Å². The third kappa shape index (κ3) is 1.93. The Morgan fingerprint density at radius 1 is 1.42 bits per heavy atom. The van der Waals surface area contributed by atoms with Gasteiger partial charge >= 0.3 is 5.97 Å². The average molecular weight is 263 g/mol. The molecule has 0 unspecified atom stereocenters. The summed E-state index contributed by atoms with van der Waals surface area (Å²) in [5, 5.41) is 0. The fraction of sp³-hybridized carbons (Fsp3) is 0.571. The summed E-state index contributed by atoms with van der Waals surface area (Å²) >= 11 is 0. The molecule has 0 aromatic carbocycles.